The first kappa shape index (κ1) is 56.2. The van der Waals surface area contributed by atoms with E-state index in [1.54, 1.807) is 22.2 Å². The summed E-state index contributed by atoms with van der Waals surface area (Å²) in [7, 11) is 0. The highest BCUT2D eigenvalue weighted by Gasteiger charge is 2.72. The van der Waals surface area contributed by atoms with Crippen LogP contribution in [-0.2, 0) is 37.9 Å². The number of fused-ring (bicyclic) bond motifs is 11. The second-order valence-corrected chi connectivity index (χ2v) is 33.4. The molecule has 5 atom stereocenters. The molecule has 3 heteroatoms. The van der Waals surface area contributed by atoms with E-state index in [0.717, 1.165) is 0 Å². The molecule has 0 N–H and O–H groups in total. The highest BCUT2D eigenvalue weighted by atomic mass is 15.2. The molecule has 6 aliphatic rings. The zero-order valence-electron chi connectivity index (χ0n) is 55.0. The van der Waals surface area contributed by atoms with Crippen molar-refractivity contribution in [1.82, 2.24) is 0 Å². The average Bonchev–Trinajstić information content (AvgIpc) is 1.51. The molecule has 0 saturated heterocycles. The third-order valence-electron chi connectivity index (χ3n) is 22.7. The van der Waals surface area contributed by atoms with E-state index in [9.17, 15) is 0 Å². The quantitative estimate of drug-likeness (QED) is 0.159. The van der Waals surface area contributed by atoms with Crippen LogP contribution in [0.15, 0.2) is 152 Å². The molecule has 0 radical (unpaired) electrons. The zero-order chi connectivity index (χ0) is 60.2. The lowest BCUT2D eigenvalue weighted by Gasteiger charge is -2.55. The molecule has 2 nitrogen and oxygen atoms in total. The van der Waals surface area contributed by atoms with Gasteiger partial charge in [-0.05, 0) is 206 Å². The third-order valence-corrected chi connectivity index (χ3v) is 22.7. The van der Waals surface area contributed by atoms with Crippen molar-refractivity contribution in [3.05, 3.63) is 207 Å². The van der Waals surface area contributed by atoms with Gasteiger partial charge in [0, 0.05) is 39.4 Å². The van der Waals surface area contributed by atoms with Crippen molar-refractivity contribution in [2.24, 2.45) is 11.3 Å². The van der Waals surface area contributed by atoms with Crippen molar-refractivity contribution in [2.45, 2.75) is 207 Å². The summed E-state index contributed by atoms with van der Waals surface area (Å²) in [6.45, 7) is 46.1. The molecule has 0 spiro atoms. The second-order valence-electron chi connectivity index (χ2n) is 33.4. The zero-order valence-corrected chi connectivity index (χ0v) is 55.0. The monoisotopic (exact) mass is 1120 g/mol. The average molecular weight is 1120 g/mol. The lowest BCUT2D eigenvalue weighted by Crippen LogP contribution is -2.61. The highest BCUT2D eigenvalue weighted by molar-refractivity contribution is 6.98. The van der Waals surface area contributed by atoms with Gasteiger partial charge in [0.2, 0.25) is 6.71 Å². The summed E-state index contributed by atoms with van der Waals surface area (Å²) in [6, 6.07) is 61.7. The maximum atomic E-state index is 2.80. The van der Waals surface area contributed by atoms with Crippen LogP contribution in [0.1, 0.15) is 225 Å². The van der Waals surface area contributed by atoms with Crippen molar-refractivity contribution < 1.29 is 0 Å². The second kappa shape index (κ2) is 18.2. The van der Waals surface area contributed by atoms with Crippen molar-refractivity contribution >= 4 is 57.2 Å². The molecule has 434 valence electrons. The van der Waals surface area contributed by atoms with Crippen LogP contribution in [0.2, 0.25) is 0 Å². The standard InChI is InChI=1S/C82H93BN2/c1-75(2,3)50-27-33-55(34-28-50)84(56-35-29-51(30-36-56)76(4,5)6)57-45-61-70-72-71-64(81(18)39-23-24-40-82(81,19)73(70)72)43-54(79(13,14)15)44-66(71)83-65-48-63-60(58-37-31-53(78(10,11)12)42-62(58)80(63,16)17)47-68(65)85(69(46-57)74(61)83)67-38-32-52(77(7,8)9)41-59(67)49-25-21-20-22-26-49/h20-22,25-38,41-48,70,72-73H,23-24,39-40H2,1-19H3. The minimum atomic E-state index is -0.212. The Balaban J connectivity index is 1.15. The Morgan fingerprint density at radius 1 is 0.424 bits per heavy atom. The first-order chi connectivity index (χ1) is 39.8. The van der Waals surface area contributed by atoms with E-state index >= 15 is 0 Å². The smallest absolute Gasteiger partial charge is 0.247 e. The lowest BCUT2D eigenvalue weighted by molar-refractivity contribution is 0.0503. The van der Waals surface area contributed by atoms with E-state index in [1.165, 1.54) is 132 Å². The number of hydrogen-bond acceptors (Lipinski definition) is 2. The summed E-state index contributed by atoms with van der Waals surface area (Å²) in [5, 5.41) is 0. The first-order valence-corrected chi connectivity index (χ1v) is 32.5. The van der Waals surface area contributed by atoms with Gasteiger partial charge in [0.15, 0.2) is 0 Å². The van der Waals surface area contributed by atoms with Crippen LogP contribution in [0.4, 0.5) is 34.1 Å². The van der Waals surface area contributed by atoms with Gasteiger partial charge >= 0.3 is 0 Å². The van der Waals surface area contributed by atoms with Crippen molar-refractivity contribution in [3.8, 4) is 22.3 Å². The first-order valence-electron chi connectivity index (χ1n) is 32.5. The Labute approximate surface area is 512 Å². The van der Waals surface area contributed by atoms with Crippen LogP contribution in [0.3, 0.4) is 0 Å². The van der Waals surface area contributed by atoms with Crippen molar-refractivity contribution in [1.29, 1.82) is 0 Å². The highest BCUT2D eigenvalue weighted by Crippen LogP contribution is 2.78. The van der Waals surface area contributed by atoms with E-state index in [0.29, 0.717) is 17.8 Å². The molecule has 8 aromatic carbocycles. The molecule has 2 saturated carbocycles. The molecule has 8 aromatic rings. The Morgan fingerprint density at radius 2 is 0.965 bits per heavy atom. The molecular formula is C82H93BN2. The van der Waals surface area contributed by atoms with Gasteiger partial charge in [-0.1, -0.05) is 247 Å². The Bertz CT molecular complexity index is 3990. The molecule has 5 unspecified atom stereocenters. The third kappa shape index (κ3) is 8.37. The van der Waals surface area contributed by atoms with Crippen molar-refractivity contribution in [2.75, 3.05) is 9.80 Å². The Kier molecular flexibility index (Phi) is 12.1. The van der Waals surface area contributed by atoms with Gasteiger partial charge in [-0.3, -0.25) is 0 Å². The fraction of sp³-hybridized carbons (Fsp3) is 0.415. The van der Waals surface area contributed by atoms with Crippen LogP contribution < -0.4 is 26.2 Å². The molecule has 2 heterocycles. The molecule has 0 amide bonds. The Morgan fingerprint density at radius 3 is 1.56 bits per heavy atom. The predicted octanol–water partition coefficient (Wildman–Crippen LogP) is 20.6. The molecule has 0 bridgehead atoms. The van der Waals surface area contributed by atoms with Crippen LogP contribution in [0, 0.1) is 11.3 Å². The molecule has 2 aliphatic heterocycles. The normalized spacial score (nSPS) is 22.4. The van der Waals surface area contributed by atoms with Gasteiger partial charge in [0.25, 0.3) is 0 Å². The van der Waals surface area contributed by atoms with E-state index in [4.69, 9.17) is 0 Å². The minimum Gasteiger partial charge on any atom is -0.311 e. The number of benzene rings is 8. The summed E-state index contributed by atoms with van der Waals surface area (Å²) < 4.78 is 0. The lowest BCUT2D eigenvalue weighted by atomic mass is 9.32. The SMILES string of the molecule is CC(C)(C)c1ccc(N(c2ccc(C(C)(C)C)cc2)c2cc3c4c(c2)N(c2ccc(C(C)(C)C)cc2-c2ccccc2)c2cc5c(cc2B4c2cc(C(C)(C)C)cc4c2C2C3C2C2(C)CCCCC42C)C(C)(C)c2cc(C(C)(C)C)ccc2-5)cc1. The van der Waals surface area contributed by atoms with E-state index < -0.39 is 0 Å². The Hall–Kier alpha value is -6.58. The van der Waals surface area contributed by atoms with Crippen LogP contribution in [-0.4, -0.2) is 6.71 Å². The minimum absolute atomic E-state index is 0.0147. The van der Waals surface area contributed by atoms with Gasteiger partial charge in [0.05, 0.1) is 5.69 Å². The summed E-state index contributed by atoms with van der Waals surface area (Å²) in [4.78, 5) is 5.42. The molecule has 85 heavy (non-hydrogen) atoms. The number of nitrogens with zero attached hydrogens (tertiary/aromatic N) is 2. The summed E-state index contributed by atoms with van der Waals surface area (Å²) in [6.07, 6.45) is 5.13. The van der Waals surface area contributed by atoms with E-state index in [2.05, 4.69) is 293 Å². The number of hydrogen-bond donors (Lipinski definition) is 0. The summed E-state index contributed by atoms with van der Waals surface area (Å²) >= 11 is 0. The van der Waals surface area contributed by atoms with Crippen LogP contribution in [0.25, 0.3) is 22.3 Å². The van der Waals surface area contributed by atoms with Gasteiger partial charge in [0.1, 0.15) is 0 Å². The number of anilines is 6. The maximum Gasteiger partial charge on any atom is 0.247 e. The topological polar surface area (TPSA) is 6.48 Å². The molecule has 0 aromatic heterocycles. The van der Waals surface area contributed by atoms with E-state index in [-0.39, 0.29) is 50.0 Å². The summed E-state index contributed by atoms with van der Waals surface area (Å²) in [5.41, 5.74) is 31.9. The maximum absolute atomic E-state index is 2.80. The van der Waals surface area contributed by atoms with Gasteiger partial charge < -0.3 is 9.80 Å². The van der Waals surface area contributed by atoms with Crippen LogP contribution in [0.5, 0.6) is 0 Å². The van der Waals surface area contributed by atoms with Gasteiger partial charge in [-0.2, -0.15) is 0 Å². The van der Waals surface area contributed by atoms with E-state index in [1.807, 2.05) is 0 Å². The molecule has 2 fully saturated rings. The predicted molar refractivity (Wildman–Crippen MR) is 366 cm³/mol. The largest absolute Gasteiger partial charge is 0.311 e. The van der Waals surface area contributed by atoms with Crippen molar-refractivity contribution in [3.63, 3.8) is 0 Å². The fourth-order valence-corrected chi connectivity index (χ4v) is 17.3. The summed E-state index contributed by atoms with van der Waals surface area (Å²) in [5.74, 6) is 1.36. The molecule has 14 rings (SSSR count). The van der Waals surface area contributed by atoms with Gasteiger partial charge in [-0.15, -0.1) is 0 Å². The van der Waals surface area contributed by atoms with Crippen LogP contribution >= 0.6 is 0 Å². The van der Waals surface area contributed by atoms with Gasteiger partial charge in [-0.25, -0.2) is 0 Å². The number of rotatable bonds is 5. The molecule has 4 aliphatic carbocycles. The fourth-order valence-electron chi connectivity index (χ4n) is 17.3. The molecular weight excluding hydrogens is 1020 g/mol.